The van der Waals surface area contributed by atoms with E-state index in [9.17, 15) is 4.79 Å². The van der Waals surface area contributed by atoms with Crippen LogP contribution in [0.2, 0.25) is 0 Å². The van der Waals surface area contributed by atoms with E-state index in [1.54, 1.807) is 12.3 Å². The third kappa shape index (κ3) is 1.53. The van der Waals surface area contributed by atoms with E-state index in [0.29, 0.717) is 10.4 Å². The minimum Gasteiger partial charge on any atom is -0.472 e. The molecule has 0 spiro atoms. The van der Waals surface area contributed by atoms with E-state index in [2.05, 4.69) is 4.98 Å². The first-order valence-electron chi connectivity index (χ1n) is 3.76. The Morgan fingerprint density at radius 3 is 3.00 bits per heavy atom. The highest BCUT2D eigenvalue weighted by molar-refractivity contribution is 7.13. The molecule has 2 aromatic rings. The Labute approximate surface area is 79.0 Å². The number of carbonyl (C=O) groups is 1. The van der Waals surface area contributed by atoms with Crippen LogP contribution >= 0.6 is 11.3 Å². The van der Waals surface area contributed by atoms with Crippen LogP contribution in [-0.2, 0) is 0 Å². The highest BCUT2D eigenvalue weighted by Crippen LogP contribution is 2.16. The summed E-state index contributed by atoms with van der Waals surface area (Å²) in [6.45, 7) is 1.87. The number of aromatic nitrogens is 1. The molecule has 0 aliphatic rings. The summed E-state index contributed by atoms with van der Waals surface area (Å²) in [6.07, 6.45) is 4.52. The van der Waals surface area contributed by atoms with Crippen LogP contribution in [0.25, 0.3) is 0 Å². The number of nitrogens with zero attached hydrogens (tertiary/aromatic N) is 1. The summed E-state index contributed by atoms with van der Waals surface area (Å²) in [7, 11) is 0. The number of furan rings is 1. The number of hydrogen-bond acceptors (Lipinski definition) is 4. The molecule has 0 bridgehead atoms. The molecule has 0 saturated heterocycles. The van der Waals surface area contributed by atoms with Gasteiger partial charge in [0.15, 0.2) is 0 Å². The van der Waals surface area contributed by atoms with Crippen LogP contribution in [0.4, 0.5) is 0 Å². The molecule has 0 aromatic carbocycles. The minimum atomic E-state index is -0.0284. The first-order valence-corrected chi connectivity index (χ1v) is 4.58. The second kappa shape index (κ2) is 3.14. The zero-order chi connectivity index (χ0) is 9.26. The molecular formula is C9H7NO2S. The van der Waals surface area contributed by atoms with Crippen molar-refractivity contribution in [3.05, 3.63) is 40.2 Å². The largest absolute Gasteiger partial charge is 0.472 e. The molecule has 0 saturated carbocycles. The van der Waals surface area contributed by atoms with Gasteiger partial charge in [0.05, 0.1) is 21.7 Å². The molecule has 2 rings (SSSR count). The smallest absolute Gasteiger partial charge is 0.207 e. The van der Waals surface area contributed by atoms with Crippen LogP contribution in [0.15, 0.2) is 29.2 Å². The van der Waals surface area contributed by atoms with Crippen molar-refractivity contribution < 1.29 is 9.21 Å². The van der Waals surface area contributed by atoms with Gasteiger partial charge in [-0.15, -0.1) is 11.3 Å². The normalized spacial score (nSPS) is 10.2. The van der Waals surface area contributed by atoms with Crippen LogP contribution in [0, 0.1) is 6.92 Å². The Morgan fingerprint density at radius 2 is 2.46 bits per heavy atom. The van der Waals surface area contributed by atoms with Crippen molar-refractivity contribution >= 4 is 17.1 Å². The summed E-state index contributed by atoms with van der Waals surface area (Å²) in [5.41, 5.74) is 0.573. The maximum Gasteiger partial charge on any atom is 0.207 e. The first-order chi connectivity index (χ1) is 6.27. The Kier molecular flexibility index (Phi) is 1.98. The van der Waals surface area contributed by atoms with Gasteiger partial charge in [-0.3, -0.25) is 4.79 Å². The zero-order valence-electron chi connectivity index (χ0n) is 6.98. The van der Waals surface area contributed by atoms with Gasteiger partial charge in [0.2, 0.25) is 5.78 Å². The van der Waals surface area contributed by atoms with Gasteiger partial charge < -0.3 is 4.42 Å². The van der Waals surface area contributed by atoms with Gasteiger partial charge in [-0.1, -0.05) is 0 Å². The molecule has 13 heavy (non-hydrogen) atoms. The summed E-state index contributed by atoms with van der Waals surface area (Å²) in [5, 5.41) is 0.895. The SMILES string of the molecule is Cc1ncc(C(=O)c2ccoc2)s1. The third-order valence-corrected chi connectivity index (χ3v) is 2.54. The van der Waals surface area contributed by atoms with Crippen LogP contribution in [0.1, 0.15) is 20.2 Å². The van der Waals surface area contributed by atoms with Crippen LogP contribution in [0.5, 0.6) is 0 Å². The van der Waals surface area contributed by atoms with Crippen molar-refractivity contribution in [1.29, 1.82) is 0 Å². The Morgan fingerprint density at radius 1 is 1.62 bits per heavy atom. The number of carbonyl (C=O) groups excluding carboxylic acids is 1. The lowest BCUT2D eigenvalue weighted by molar-refractivity contribution is 0.104. The number of ketones is 1. The monoisotopic (exact) mass is 193 g/mol. The van der Waals surface area contributed by atoms with Crippen molar-refractivity contribution in [3.8, 4) is 0 Å². The predicted molar refractivity (Wildman–Crippen MR) is 49.0 cm³/mol. The van der Waals surface area contributed by atoms with Crippen molar-refractivity contribution in [3.63, 3.8) is 0 Å². The molecule has 0 radical (unpaired) electrons. The number of aryl methyl sites for hydroxylation is 1. The Balaban J connectivity index is 2.33. The summed E-state index contributed by atoms with van der Waals surface area (Å²) < 4.78 is 4.83. The zero-order valence-corrected chi connectivity index (χ0v) is 7.80. The van der Waals surface area contributed by atoms with Gasteiger partial charge in [0, 0.05) is 6.20 Å². The predicted octanol–water partition coefficient (Wildman–Crippen LogP) is 2.28. The second-order valence-electron chi connectivity index (χ2n) is 2.58. The van der Waals surface area contributed by atoms with Crippen molar-refractivity contribution in [2.45, 2.75) is 6.92 Å². The average Bonchev–Trinajstić information content (AvgIpc) is 2.72. The van der Waals surface area contributed by atoms with Crippen LogP contribution in [-0.4, -0.2) is 10.8 Å². The minimum absolute atomic E-state index is 0.0284. The molecule has 0 unspecified atom stereocenters. The van der Waals surface area contributed by atoms with E-state index in [4.69, 9.17) is 4.42 Å². The topological polar surface area (TPSA) is 43.1 Å². The maximum atomic E-state index is 11.6. The number of thiazole rings is 1. The highest BCUT2D eigenvalue weighted by atomic mass is 32.1. The Hall–Kier alpha value is -1.42. The van der Waals surface area contributed by atoms with Gasteiger partial charge >= 0.3 is 0 Å². The average molecular weight is 193 g/mol. The van der Waals surface area contributed by atoms with E-state index in [-0.39, 0.29) is 5.78 Å². The maximum absolute atomic E-state index is 11.6. The molecule has 0 aliphatic carbocycles. The van der Waals surface area contributed by atoms with Crippen molar-refractivity contribution in [2.75, 3.05) is 0 Å². The lowest BCUT2D eigenvalue weighted by Crippen LogP contribution is -1.95. The molecule has 2 aromatic heterocycles. The quantitative estimate of drug-likeness (QED) is 0.687. The molecule has 3 nitrogen and oxygen atoms in total. The van der Waals surface area contributed by atoms with Gasteiger partial charge in [-0.25, -0.2) is 4.98 Å². The van der Waals surface area contributed by atoms with Crippen molar-refractivity contribution in [1.82, 2.24) is 4.98 Å². The molecule has 0 amide bonds. The summed E-state index contributed by atoms with van der Waals surface area (Å²) in [6, 6.07) is 1.65. The lowest BCUT2D eigenvalue weighted by atomic mass is 10.2. The molecular weight excluding hydrogens is 186 g/mol. The fraction of sp³-hybridized carbons (Fsp3) is 0.111. The third-order valence-electron chi connectivity index (χ3n) is 1.63. The van der Waals surface area contributed by atoms with Gasteiger partial charge in [-0.05, 0) is 13.0 Å². The fourth-order valence-corrected chi connectivity index (χ4v) is 1.74. The number of rotatable bonds is 2. The standard InChI is InChI=1S/C9H7NO2S/c1-6-10-4-8(13-6)9(11)7-2-3-12-5-7/h2-5H,1H3. The lowest BCUT2D eigenvalue weighted by Gasteiger charge is -1.88. The molecule has 0 N–H and O–H groups in total. The van der Waals surface area contributed by atoms with E-state index in [0.717, 1.165) is 5.01 Å². The molecule has 2 heterocycles. The van der Waals surface area contributed by atoms with E-state index >= 15 is 0 Å². The highest BCUT2D eigenvalue weighted by Gasteiger charge is 2.12. The first kappa shape index (κ1) is 8.19. The second-order valence-corrected chi connectivity index (χ2v) is 3.82. The van der Waals surface area contributed by atoms with E-state index in [1.807, 2.05) is 6.92 Å². The Bertz CT molecular complexity index is 417. The number of hydrogen-bond donors (Lipinski definition) is 0. The molecule has 0 fully saturated rings. The fourth-order valence-electron chi connectivity index (χ4n) is 1.00. The van der Waals surface area contributed by atoms with E-state index in [1.165, 1.54) is 23.9 Å². The summed E-state index contributed by atoms with van der Waals surface area (Å²) in [5.74, 6) is -0.0284. The van der Waals surface area contributed by atoms with Gasteiger partial charge in [-0.2, -0.15) is 0 Å². The van der Waals surface area contributed by atoms with Gasteiger partial charge in [0.25, 0.3) is 0 Å². The molecule has 66 valence electrons. The molecule has 0 aliphatic heterocycles. The van der Waals surface area contributed by atoms with Crippen LogP contribution in [0.3, 0.4) is 0 Å². The summed E-state index contributed by atoms with van der Waals surface area (Å²) in [4.78, 5) is 16.3. The van der Waals surface area contributed by atoms with Gasteiger partial charge in [0.1, 0.15) is 6.26 Å². The van der Waals surface area contributed by atoms with Crippen molar-refractivity contribution in [2.24, 2.45) is 0 Å². The molecule has 0 atom stereocenters. The van der Waals surface area contributed by atoms with Crippen LogP contribution < -0.4 is 0 Å². The molecule has 4 heteroatoms. The summed E-state index contributed by atoms with van der Waals surface area (Å²) >= 11 is 1.39. The van der Waals surface area contributed by atoms with E-state index < -0.39 is 0 Å².